The monoisotopic (exact) mass is 326 g/mol. The van der Waals surface area contributed by atoms with Gasteiger partial charge >= 0.3 is 5.97 Å². The molecule has 2 aromatic heterocycles. The Balaban J connectivity index is 2.29. The van der Waals surface area contributed by atoms with Crippen LogP contribution in [-0.4, -0.2) is 24.5 Å². The van der Waals surface area contributed by atoms with Gasteiger partial charge in [0.15, 0.2) is 0 Å². The molecular weight excluding hydrogens is 312 g/mol. The molecule has 0 fully saturated rings. The van der Waals surface area contributed by atoms with E-state index in [1.54, 1.807) is 38.2 Å². The highest BCUT2D eigenvalue weighted by molar-refractivity contribution is 7.89. The van der Waals surface area contributed by atoms with E-state index in [1.807, 2.05) is 0 Å². The van der Waals surface area contributed by atoms with E-state index in [0.717, 1.165) is 11.3 Å². The molecule has 8 heteroatoms. The summed E-state index contributed by atoms with van der Waals surface area (Å²) in [6.45, 7) is 3.26. The first-order valence-corrected chi connectivity index (χ1v) is 8.38. The summed E-state index contributed by atoms with van der Waals surface area (Å²) >= 11 is 0.938. The van der Waals surface area contributed by atoms with E-state index in [2.05, 4.69) is 9.71 Å². The minimum atomic E-state index is -3.79. The minimum absolute atomic E-state index is 0.00151. The molecule has 0 saturated heterocycles. The van der Waals surface area contributed by atoms with Crippen molar-refractivity contribution < 1.29 is 18.3 Å². The second-order valence-corrected chi connectivity index (χ2v) is 7.37. The number of thiophene rings is 1. The number of carbonyl (C=O) groups is 1. The predicted octanol–water partition coefficient (Wildman–Crippen LogP) is 2.19. The number of sulfonamides is 1. The fraction of sp³-hybridized carbons (Fsp3) is 0.231. The molecule has 1 atom stereocenters. The van der Waals surface area contributed by atoms with Gasteiger partial charge in [0.2, 0.25) is 10.0 Å². The molecule has 0 unspecified atom stereocenters. The highest BCUT2D eigenvalue weighted by atomic mass is 32.2. The highest BCUT2D eigenvalue weighted by Crippen LogP contribution is 2.26. The van der Waals surface area contributed by atoms with E-state index in [-0.39, 0.29) is 9.77 Å². The van der Waals surface area contributed by atoms with Crippen LogP contribution >= 0.6 is 11.3 Å². The Morgan fingerprint density at radius 1 is 1.43 bits per heavy atom. The van der Waals surface area contributed by atoms with Crippen molar-refractivity contribution in [3.8, 4) is 0 Å². The van der Waals surface area contributed by atoms with Crippen molar-refractivity contribution in [1.82, 2.24) is 9.71 Å². The van der Waals surface area contributed by atoms with E-state index >= 15 is 0 Å². The molecule has 2 rings (SSSR count). The number of hydrogen-bond acceptors (Lipinski definition) is 5. The summed E-state index contributed by atoms with van der Waals surface area (Å²) in [4.78, 5) is 15.4. The molecule has 0 radical (unpaired) electrons. The number of carboxylic acid groups (broad SMARTS) is 1. The molecule has 0 aliphatic rings. The van der Waals surface area contributed by atoms with Gasteiger partial charge in [0, 0.05) is 11.1 Å². The van der Waals surface area contributed by atoms with E-state index in [4.69, 9.17) is 5.11 Å². The molecule has 0 saturated carbocycles. The summed E-state index contributed by atoms with van der Waals surface area (Å²) < 4.78 is 27.2. The van der Waals surface area contributed by atoms with Gasteiger partial charge in [-0.3, -0.25) is 4.98 Å². The van der Waals surface area contributed by atoms with Gasteiger partial charge in [0.1, 0.15) is 4.88 Å². The smallest absolute Gasteiger partial charge is 0.345 e. The Bertz CT molecular complexity index is 754. The maximum Gasteiger partial charge on any atom is 0.345 e. The Labute approximate surface area is 126 Å². The number of hydrogen-bond donors (Lipinski definition) is 2. The normalized spacial score (nSPS) is 13.0. The highest BCUT2D eigenvalue weighted by Gasteiger charge is 2.24. The van der Waals surface area contributed by atoms with E-state index in [0.29, 0.717) is 10.6 Å². The zero-order valence-corrected chi connectivity index (χ0v) is 13.0. The predicted molar refractivity (Wildman–Crippen MR) is 79.0 cm³/mol. The second kappa shape index (κ2) is 5.92. The largest absolute Gasteiger partial charge is 0.477 e. The maximum atomic E-state index is 12.3. The van der Waals surface area contributed by atoms with Crippen LogP contribution in [0.2, 0.25) is 0 Å². The zero-order valence-electron chi connectivity index (χ0n) is 11.4. The molecule has 0 bridgehead atoms. The number of aryl methyl sites for hydroxylation is 1. The Hall–Kier alpha value is -1.77. The van der Waals surface area contributed by atoms with Crippen LogP contribution < -0.4 is 4.72 Å². The third-order valence-electron chi connectivity index (χ3n) is 2.84. The molecule has 0 aliphatic carbocycles. The SMILES string of the molecule is Cc1sc(C(=O)O)cc1S(=O)(=O)N[C@H](C)c1ccccn1. The second-order valence-electron chi connectivity index (χ2n) is 4.43. The lowest BCUT2D eigenvalue weighted by Gasteiger charge is -2.13. The first kappa shape index (κ1) is 15.6. The van der Waals surface area contributed by atoms with Crippen LogP contribution in [-0.2, 0) is 10.0 Å². The number of carboxylic acids is 1. The topological polar surface area (TPSA) is 96.4 Å². The molecule has 0 aromatic carbocycles. The fourth-order valence-electron chi connectivity index (χ4n) is 1.83. The van der Waals surface area contributed by atoms with E-state index < -0.39 is 22.0 Å². The van der Waals surface area contributed by atoms with Crippen molar-refractivity contribution in [2.75, 3.05) is 0 Å². The standard InChI is InChI=1S/C13H14N2O4S2/c1-8(10-5-3-4-6-14-10)15-21(18,19)12-7-11(13(16)17)20-9(12)2/h3-8,15H,1-2H3,(H,16,17)/t8-/m1/s1. The van der Waals surface area contributed by atoms with Gasteiger partial charge in [0.05, 0.1) is 16.6 Å². The lowest BCUT2D eigenvalue weighted by atomic mass is 10.2. The Morgan fingerprint density at radius 3 is 2.67 bits per heavy atom. The molecule has 2 aromatic rings. The van der Waals surface area contributed by atoms with Crippen molar-refractivity contribution in [2.45, 2.75) is 24.8 Å². The number of pyridine rings is 1. The summed E-state index contributed by atoms with van der Waals surface area (Å²) in [6, 6.07) is 5.90. The van der Waals surface area contributed by atoms with Gasteiger partial charge in [-0.05, 0) is 32.0 Å². The van der Waals surface area contributed by atoms with E-state index in [1.165, 1.54) is 6.07 Å². The molecule has 112 valence electrons. The molecule has 0 amide bonds. The summed E-state index contributed by atoms with van der Waals surface area (Å²) in [5.41, 5.74) is 0.590. The van der Waals surface area contributed by atoms with Gasteiger partial charge in [-0.25, -0.2) is 17.9 Å². The van der Waals surface area contributed by atoms with Crippen molar-refractivity contribution >= 4 is 27.3 Å². The quantitative estimate of drug-likeness (QED) is 0.878. The number of rotatable bonds is 5. The van der Waals surface area contributed by atoms with Crippen molar-refractivity contribution in [1.29, 1.82) is 0 Å². The summed E-state index contributed by atoms with van der Waals surface area (Å²) in [7, 11) is -3.79. The first-order valence-electron chi connectivity index (χ1n) is 6.08. The minimum Gasteiger partial charge on any atom is -0.477 e. The van der Waals surface area contributed by atoms with Crippen molar-refractivity contribution in [3.63, 3.8) is 0 Å². The molecule has 6 nitrogen and oxygen atoms in total. The van der Waals surface area contributed by atoms with E-state index in [9.17, 15) is 13.2 Å². The van der Waals surface area contributed by atoms with Crippen LogP contribution in [0.1, 0.15) is 33.2 Å². The number of aromatic nitrogens is 1. The van der Waals surface area contributed by atoms with Gasteiger partial charge in [-0.1, -0.05) is 6.07 Å². The molecule has 2 N–H and O–H groups in total. The zero-order chi connectivity index (χ0) is 15.6. The Morgan fingerprint density at radius 2 is 2.14 bits per heavy atom. The number of aromatic carboxylic acids is 1. The van der Waals surface area contributed by atoms with Crippen LogP contribution in [0, 0.1) is 6.92 Å². The van der Waals surface area contributed by atoms with Crippen LogP contribution in [0.4, 0.5) is 0 Å². The first-order chi connectivity index (χ1) is 9.81. The Kier molecular flexibility index (Phi) is 4.40. The maximum absolute atomic E-state index is 12.3. The average Bonchev–Trinajstić information content (AvgIpc) is 2.82. The average molecular weight is 326 g/mol. The molecular formula is C13H14N2O4S2. The number of nitrogens with zero attached hydrogens (tertiary/aromatic N) is 1. The van der Waals surface area contributed by atoms with Crippen molar-refractivity contribution in [3.05, 3.63) is 45.9 Å². The molecule has 2 heterocycles. The van der Waals surface area contributed by atoms with Crippen molar-refractivity contribution in [2.24, 2.45) is 0 Å². The molecule has 0 spiro atoms. The third kappa shape index (κ3) is 3.46. The summed E-state index contributed by atoms with van der Waals surface area (Å²) in [5.74, 6) is -1.14. The van der Waals surface area contributed by atoms with Gasteiger partial charge in [0.25, 0.3) is 0 Å². The van der Waals surface area contributed by atoms with Crippen LogP contribution in [0.3, 0.4) is 0 Å². The van der Waals surface area contributed by atoms with Crippen LogP contribution in [0.25, 0.3) is 0 Å². The van der Waals surface area contributed by atoms with Crippen LogP contribution in [0.15, 0.2) is 35.4 Å². The van der Waals surface area contributed by atoms with Gasteiger partial charge in [-0.15, -0.1) is 11.3 Å². The number of nitrogens with one attached hydrogen (secondary N) is 1. The summed E-state index contributed by atoms with van der Waals surface area (Å²) in [5, 5.41) is 8.93. The molecule has 21 heavy (non-hydrogen) atoms. The third-order valence-corrected chi connectivity index (χ3v) is 5.67. The molecule has 0 aliphatic heterocycles. The summed E-state index contributed by atoms with van der Waals surface area (Å²) in [6.07, 6.45) is 1.58. The fourth-order valence-corrected chi connectivity index (χ4v) is 4.47. The lowest BCUT2D eigenvalue weighted by Crippen LogP contribution is -2.27. The lowest BCUT2D eigenvalue weighted by molar-refractivity contribution is 0.0702. The van der Waals surface area contributed by atoms with Gasteiger partial charge in [-0.2, -0.15) is 0 Å². The van der Waals surface area contributed by atoms with Gasteiger partial charge < -0.3 is 5.11 Å². The van der Waals surface area contributed by atoms with Crippen LogP contribution in [0.5, 0.6) is 0 Å².